The Morgan fingerprint density at radius 3 is 2.59 bits per heavy atom. The lowest BCUT2D eigenvalue weighted by Gasteiger charge is -2.32. The maximum absolute atomic E-state index is 12.7. The number of hydrogen-bond donors (Lipinski definition) is 0. The van der Waals surface area contributed by atoms with E-state index in [0.717, 1.165) is 38.5 Å². The second-order valence-corrected chi connectivity index (χ2v) is 8.75. The van der Waals surface area contributed by atoms with E-state index in [1.807, 2.05) is 22.4 Å². The first-order valence-corrected chi connectivity index (χ1v) is 10.5. The minimum atomic E-state index is -0.00751. The zero-order valence-electron chi connectivity index (χ0n) is 15.2. The molecule has 1 fully saturated rings. The van der Waals surface area contributed by atoms with Gasteiger partial charge in [0, 0.05) is 45.1 Å². The van der Waals surface area contributed by atoms with Crippen LogP contribution >= 0.6 is 22.7 Å². The van der Waals surface area contributed by atoms with Gasteiger partial charge in [-0.2, -0.15) is 0 Å². The largest absolute Gasteiger partial charge is 0.344 e. The van der Waals surface area contributed by atoms with Gasteiger partial charge in [-0.25, -0.2) is 4.98 Å². The van der Waals surface area contributed by atoms with Gasteiger partial charge in [-0.15, -0.1) is 22.7 Å². The maximum atomic E-state index is 12.7. The minimum absolute atomic E-state index is 0.00751. The summed E-state index contributed by atoms with van der Waals surface area (Å²) in [6.07, 6.45) is 4.99. The zero-order valence-corrected chi connectivity index (χ0v) is 16.8. The fourth-order valence-corrected chi connectivity index (χ4v) is 5.41. The third-order valence-corrected chi connectivity index (χ3v) is 6.83. The molecule has 140 valence electrons. The van der Waals surface area contributed by atoms with E-state index in [4.69, 9.17) is 0 Å². The Morgan fingerprint density at radius 1 is 1.19 bits per heavy atom. The van der Waals surface area contributed by atoms with Crippen molar-refractivity contribution in [2.24, 2.45) is 0 Å². The molecule has 0 atom stereocenters. The lowest BCUT2D eigenvalue weighted by Crippen LogP contribution is -2.37. The van der Waals surface area contributed by atoms with Crippen molar-refractivity contribution >= 4 is 44.8 Å². The van der Waals surface area contributed by atoms with Crippen LogP contribution in [0, 0.1) is 0 Å². The quantitative estimate of drug-likeness (QED) is 0.675. The van der Waals surface area contributed by atoms with E-state index in [2.05, 4.69) is 9.97 Å². The van der Waals surface area contributed by atoms with Crippen molar-refractivity contribution in [3.8, 4) is 0 Å². The molecule has 1 saturated heterocycles. The standard InChI is InChI=1S/C19H20N4O2S2/c1-22(2)19(25)16-14(15-17(27-16)21-8-7-20-15)12-5-9-23(10-6-12)18(24)13-4-3-11-26-13/h3-4,7-8,11-12H,5-6,9-10H2,1-2H3. The maximum Gasteiger partial charge on any atom is 0.263 e. The molecule has 0 radical (unpaired) electrons. The number of amides is 2. The Balaban J connectivity index is 1.61. The fourth-order valence-electron chi connectivity index (χ4n) is 3.51. The number of aromatic nitrogens is 2. The van der Waals surface area contributed by atoms with Gasteiger partial charge in [-0.05, 0) is 30.2 Å². The van der Waals surface area contributed by atoms with Crippen molar-refractivity contribution in [2.45, 2.75) is 18.8 Å². The highest BCUT2D eigenvalue weighted by atomic mass is 32.1. The van der Waals surface area contributed by atoms with Crippen LogP contribution in [-0.2, 0) is 0 Å². The average Bonchev–Trinajstić information content (AvgIpc) is 3.34. The predicted molar refractivity (Wildman–Crippen MR) is 108 cm³/mol. The third kappa shape index (κ3) is 3.35. The van der Waals surface area contributed by atoms with Gasteiger partial charge in [-0.1, -0.05) is 6.07 Å². The van der Waals surface area contributed by atoms with Crippen LogP contribution in [0.25, 0.3) is 10.3 Å². The molecule has 8 heteroatoms. The molecule has 0 N–H and O–H groups in total. The second-order valence-electron chi connectivity index (χ2n) is 6.80. The summed E-state index contributed by atoms with van der Waals surface area (Å²) >= 11 is 2.89. The zero-order chi connectivity index (χ0) is 19.0. The SMILES string of the molecule is CN(C)C(=O)c1sc2nccnc2c1C1CCN(C(=O)c2cccs2)CC1. The first-order valence-electron chi connectivity index (χ1n) is 8.84. The molecular formula is C19H20N4O2S2. The molecule has 4 heterocycles. The van der Waals surface area contributed by atoms with E-state index in [0.29, 0.717) is 13.1 Å². The monoisotopic (exact) mass is 400 g/mol. The minimum Gasteiger partial charge on any atom is -0.344 e. The summed E-state index contributed by atoms with van der Waals surface area (Å²) in [6, 6.07) is 3.77. The van der Waals surface area contributed by atoms with Gasteiger partial charge in [0.05, 0.1) is 9.75 Å². The van der Waals surface area contributed by atoms with Gasteiger partial charge in [0.1, 0.15) is 10.3 Å². The number of thiophene rings is 2. The van der Waals surface area contributed by atoms with E-state index in [-0.39, 0.29) is 17.7 Å². The Bertz CT molecular complexity index is 973. The lowest BCUT2D eigenvalue weighted by atomic mass is 9.88. The molecule has 6 nitrogen and oxygen atoms in total. The summed E-state index contributed by atoms with van der Waals surface area (Å²) < 4.78 is 0. The molecule has 1 aliphatic heterocycles. The van der Waals surface area contributed by atoms with E-state index in [1.54, 1.807) is 31.4 Å². The molecule has 4 rings (SSSR count). The summed E-state index contributed by atoms with van der Waals surface area (Å²) in [5.41, 5.74) is 1.83. The number of fused-ring (bicyclic) bond motifs is 1. The Hall–Kier alpha value is -2.32. The van der Waals surface area contributed by atoms with Crippen LogP contribution in [0.3, 0.4) is 0 Å². The van der Waals surface area contributed by atoms with Crippen LogP contribution in [0.1, 0.15) is 43.7 Å². The molecule has 1 aliphatic rings. The first kappa shape index (κ1) is 18.1. The highest BCUT2D eigenvalue weighted by Crippen LogP contribution is 2.39. The molecule has 0 aliphatic carbocycles. The van der Waals surface area contributed by atoms with Crippen molar-refractivity contribution in [3.63, 3.8) is 0 Å². The molecule has 27 heavy (non-hydrogen) atoms. The van der Waals surface area contributed by atoms with Crippen molar-refractivity contribution in [2.75, 3.05) is 27.2 Å². The third-order valence-electron chi connectivity index (χ3n) is 4.89. The van der Waals surface area contributed by atoms with E-state index < -0.39 is 0 Å². The number of rotatable bonds is 3. The van der Waals surface area contributed by atoms with Gasteiger partial charge < -0.3 is 9.80 Å². The summed E-state index contributed by atoms with van der Waals surface area (Å²) in [5.74, 6) is 0.302. The van der Waals surface area contributed by atoms with E-state index in [9.17, 15) is 9.59 Å². The van der Waals surface area contributed by atoms with E-state index >= 15 is 0 Å². The number of likely N-dealkylation sites (tertiary alicyclic amines) is 1. The fraction of sp³-hybridized carbons (Fsp3) is 0.368. The Morgan fingerprint density at radius 2 is 1.93 bits per heavy atom. The van der Waals surface area contributed by atoms with Crippen molar-refractivity contribution in [3.05, 3.63) is 45.2 Å². The van der Waals surface area contributed by atoms with Gasteiger partial charge in [0.2, 0.25) is 0 Å². The number of piperidine rings is 1. The molecule has 0 unspecified atom stereocenters. The molecule has 0 aromatic carbocycles. The molecule has 3 aromatic heterocycles. The Kier molecular flexibility index (Phi) is 4.92. The number of carbonyl (C=O) groups is 2. The lowest BCUT2D eigenvalue weighted by molar-refractivity contribution is 0.0715. The van der Waals surface area contributed by atoms with Gasteiger partial charge in [-0.3, -0.25) is 14.6 Å². The topological polar surface area (TPSA) is 66.4 Å². The summed E-state index contributed by atoms with van der Waals surface area (Å²) in [4.78, 5) is 40.0. The number of hydrogen-bond acceptors (Lipinski definition) is 6. The molecule has 3 aromatic rings. The van der Waals surface area contributed by atoms with Crippen molar-refractivity contribution in [1.82, 2.24) is 19.8 Å². The molecule has 0 spiro atoms. The van der Waals surface area contributed by atoms with Crippen molar-refractivity contribution < 1.29 is 9.59 Å². The normalized spacial score (nSPS) is 15.3. The van der Waals surface area contributed by atoms with Crippen LogP contribution < -0.4 is 0 Å². The summed E-state index contributed by atoms with van der Waals surface area (Å²) in [5, 5.41) is 1.93. The summed E-state index contributed by atoms with van der Waals surface area (Å²) in [7, 11) is 3.53. The second kappa shape index (κ2) is 7.36. The molecular weight excluding hydrogens is 380 g/mol. The van der Waals surface area contributed by atoms with Crippen LogP contribution in [0.2, 0.25) is 0 Å². The molecule has 0 bridgehead atoms. The average molecular weight is 401 g/mol. The van der Waals surface area contributed by atoms with Crippen LogP contribution in [0.4, 0.5) is 0 Å². The highest BCUT2D eigenvalue weighted by molar-refractivity contribution is 7.20. The first-order chi connectivity index (χ1) is 13.1. The Labute approximate surface area is 165 Å². The van der Waals surface area contributed by atoms with Gasteiger partial charge in [0.15, 0.2) is 0 Å². The van der Waals surface area contributed by atoms with Gasteiger partial charge in [0.25, 0.3) is 11.8 Å². The van der Waals surface area contributed by atoms with Crippen LogP contribution in [0.15, 0.2) is 29.9 Å². The van der Waals surface area contributed by atoms with Crippen LogP contribution in [0.5, 0.6) is 0 Å². The van der Waals surface area contributed by atoms with Crippen molar-refractivity contribution in [1.29, 1.82) is 0 Å². The molecule has 2 amide bonds. The molecule has 0 saturated carbocycles. The van der Waals surface area contributed by atoms with E-state index in [1.165, 1.54) is 22.7 Å². The van der Waals surface area contributed by atoms with Gasteiger partial charge >= 0.3 is 0 Å². The summed E-state index contributed by atoms with van der Waals surface area (Å²) in [6.45, 7) is 1.38. The number of carbonyl (C=O) groups excluding carboxylic acids is 2. The predicted octanol–water partition coefficient (Wildman–Crippen LogP) is 3.47. The highest BCUT2D eigenvalue weighted by Gasteiger charge is 2.31. The van der Waals surface area contributed by atoms with Crippen LogP contribution in [-0.4, -0.2) is 58.8 Å². The smallest absolute Gasteiger partial charge is 0.263 e. The number of nitrogens with zero attached hydrogens (tertiary/aromatic N) is 4.